The van der Waals surface area contributed by atoms with Crippen LogP contribution in [-0.2, 0) is 6.54 Å². The summed E-state index contributed by atoms with van der Waals surface area (Å²) in [7, 11) is 0. The van der Waals surface area contributed by atoms with Gasteiger partial charge < -0.3 is 5.11 Å². The van der Waals surface area contributed by atoms with Gasteiger partial charge in [0, 0.05) is 19.6 Å². The summed E-state index contributed by atoms with van der Waals surface area (Å²) in [6, 6.07) is 1.97. The van der Waals surface area contributed by atoms with E-state index in [-0.39, 0.29) is 25.9 Å². The van der Waals surface area contributed by atoms with Crippen LogP contribution >= 0.6 is 11.3 Å². The highest BCUT2D eigenvalue weighted by Crippen LogP contribution is 2.38. The zero-order valence-corrected chi connectivity index (χ0v) is 10.0. The summed E-state index contributed by atoms with van der Waals surface area (Å²) in [6.45, 7) is 1.23. The van der Waals surface area contributed by atoms with E-state index in [1.54, 1.807) is 11.3 Å². The molecule has 1 aliphatic heterocycles. The van der Waals surface area contributed by atoms with Crippen molar-refractivity contribution >= 4 is 11.3 Å². The average Bonchev–Trinajstić information content (AvgIpc) is 2.73. The summed E-state index contributed by atoms with van der Waals surface area (Å²) in [5, 5.41) is 13.4. The molecule has 0 spiro atoms. The molecule has 0 atom stereocenters. The highest BCUT2D eigenvalue weighted by atomic mass is 32.1. The number of alkyl halides is 3. The molecule has 2 nitrogen and oxygen atoms in total. The summed E-state index contributed by atoms with van der Waals surface area (Å²) < 4.78 is 37.7. The van der Waals surface area contributed by atoms with Gasteiger partial charge in [-0.2, -0.15) is 24.5 Å². The van der Waals surface area contributed by atoms with E-state index in [2.05, 4.69) is 0 Å². The Morgan fingerprint density at radius 2 is 2.00 bits per heavy atom. The molecule has 6 heteroatoms. The van der Waals surface area contributed by atoms with E-state index in [1.165, 1.54) is 0 Å². The summed E-state index contributed by atoms with van der Waals surface area (Å²) in [5.74, 6) is 0. The molecular formula is C11H14F3NOS. The minimum absolute atomic E-state index is 0.235. The van der Waals surface area contributed by atoms with Crippen LogP contribution < -0.4 is 0 Å². The number of rotatable bonds is 2. The van der Waals surface area contributed by atoms with Crippen LogP contribution in [-0.4, -0.2) is 34.9 Å². The van der Waals surface area contributed by atoms with Crippen molar-refractivity contribution in [1.82, 2.24) is 4.90 Å². The predicted molar refractivity (Wildman–Crippen MR) is 59.8 cm³/mol. The van der Waals surface area contributed by atoms with Crippen molar-refractivity contribution in [3.8, 4) is 0 Å². The molecule has 0 saturated carbocycles. The highest BCUT2D eigenvalue weighted by molar-refractivity contribution is 7.07. The van der Waals surface area contributed by atoms with E-state index < -0.39 is 11.8 Å². The van der Waals surface area contributed by atoms with Crippen LogP contribution in [0.25, 0.3) is 0 Å². The fourth-order valence-corrected chi connectivity index (χ4v) is 2.67. The maximum absolute atomic E-state index is 12.6. The van der Waals surface area contributed by atoms with Crippen molar-refractivity contribution in [3.05, 3.63) is 22.4 Å². The van der Waals surface area contributed by atoms with Gasteiger partial charge in [-0.3, -0.25) is 4.90 Å². The second-order valence-electron chi connectivity index (χ2n) is 4.44. The largest absolute Gasteiger partial charge is 0.417 e. The van der Waals surface area contributed by atoms with Crippen LogP contribution in [0.4, 0.5) is 13.2 Å². The predicted octanol–water partition coefficient (Wildman–Crippen LogP) is 2.64. The van der Waals surface area contributed by atoms with E-state index in [4.69, 9.17) is 0 Å². The number of aliphatic hydroxyl groups is 1. The van der Waals surface area contributed by atoms with Gasteiger partial charge >= 0.3 is 6.18 Å². The van der Waals surface area contributed by atoms with Gasteiger partial charge in [-0.1, -0.05) is 0 Å². The maximum Gasteiger partial charge on any atom is 0.417 e. The van der Waals surface area contributed by atoms with Gasteiger partial charge in [-0.05, 0) is 35.2 Å². The van der Waals surface area contributed by atoms with Gasteiger partial charge in [0.15, 0.2) is 5.60 Å². The Labute approximate surface area is 102 Å². The summed E-state index contributed by atoms with van der Waals surface area (Å²) in [6.07, 6.45) is -4.98. The zero-order valence-electron chi connectivity index (χ0n) is 9.20. The van der Waals surface area contributed by atoms with Crippen LogP contribution in [0.2, 0.25) is 0 Å². The Morgan fingerprint density at radius 1 is 1.35 bits per heavy atom. The monoisotopic (exact) mass is 265 g/mol. The van der Waals surface area contributed by atoms with Crippen molar-refractivity contribution in [1.29, 1.82) is 0 Å². The molecule has 96 valence electrons. The fraction of sp³-hybridized carbons (Fsp3) is 0.636. The first kappa shape index (κ1) is 12.9. The Morgan fingerprint density at radius 3 is 2.47 bits per heavy atom. The third kappa shape index (κ3) is 2.81. The van der Waals surface area contributed by atoms with Crippen LogP contribution in [0.15, 0.2) is 16.8 Å². The van der Waals surface area contributed by atoms with E-state index in [0.29, 0.717) is 6.54 Å². The van der Waals surface area contributed by atoms with Crippen molar-refractivity contribution in [2.45, 2.75) is 31.2 Å². The molecule has 17 heavy (non-hydrogen) atoms. The number of likely N-dealkylation sites (tertiary alicyclic amines) is 1. The lowest BCUT2D eigenvalue weighted by atomic mass is 9.90. The van der Waals surface area contributed by atoms with Crippen molar-refractivity contribution in [2.75, 3.05) is 13.1 Å². The molecule has 1 N–H and O–H groups in total. The lowest BCUT2D eigenvalue weighted by Gasteiger charge is -2.39. The highest BCUT2D eigenvalue weighted by Gasteiger charge is 2.54. The van der Waals surface area contributed by atoms with E-state index >= 15 is 0 Å². The molecule has 0 bridgehead atoms. The molecule has 0 aliphatic carbocycles. The summed E-state index contributed by atoms with van der Waals surface area (Å²) in [5.41, 5.74) is -1.37. The number of hydrogen-bond acceptors (Lipinski definition) is 3. The molecular weight excluding hydrogens is 251 g/mol. The molecule has 1 fully saturated rings. The third-order valence-electron chi connectivity index (χ3n) is 3.20. The van der Waals surface area contributed by atoms with E-state index in [9.17, 15) is 18.3 Å². The first-order valence-electron chi connectivity index (χ1n) is 5.43. The van der Waals surface area contributed by atoms with Gasteiger partial charge in [-0.25, -0.2) is 0 Å². The van der Waals surface area contributed by atoms with Crippen LogP contribution in [0.1, 0.15) is 18.4 Å². The molecule has 0 aromatic carbocycles. The zero-order chi connectivity index (χ0) is 12.5. The third-order valence-corrected chi connectivity index (χ3v) is 3.93. The standard InChI is InChI=1S/C11H14F3NOS/c12-11(13,14)10(16)2-4-15(5-3-10)7-9-1-6-17-8-9/h1,6,8,16H,2-5,7H2. The van der Waals surface area contributed by atoms with Crippen LogP contribution in [0, 0.1) is 0 Å². The lowest BCUT2D eigenvalue weighted by molar-refractivity contribution is -0.272. The summed E-state index contributed by atoms with van der Waals surface area (Å²) >= 11 is 1.58. The molecule has 2 heterocycles. The molecule has 0 unspecified atom stereocenters. The number of piperidine rings is 1. The quantitative estimate of drug-likeness (QED) is 0.888. The first-order chi connectivity index (χ1) is 7.91. The molecule has 0 radical (unpaired) electrons. The average molecular weight is 265 g/mol. The molecule has 1 aliphatic rings. The SMILES string of the molecule is OC1(C(F)(F)F)CCN(Cc2ccsc2)CC1. The number of halogens is 3. The number of thiophene rings is 1. The topological polar surface area (TPSA) is 23.5 Å². The Balaban J connectivity index is 1.90. The Bertz CT molecular complexity index is 355. The van der Waals surface area contributed by atoms with Crippen LogP contribution in [0.5, 0.6) is 0 Å². The van der Waals surface area contributed by atoms with E-state index in [0.717, 1.165) is 5.56 Å². The van der Waals surface area contributed by atoms with Gasteiger partial charge in [0.25, 0.3) is 0 Å². The number of nitrogens with zero attached hydrogens (tertiary/aromatic N) is 1. The Hall–Kier alpha value is -0.590. The normalized spacial score (nSPS) is 21.6. The van der Waals surface area contributed by atoms with Crippen molar-refractivity contribution in [3.63, 3.8) is 0 Å². The van der Waals surface area contributed by atoms with Gasteiger partial charge in [0.2, 0.25) is 0 Å². The molecule has 1 saturated heterocycles. The second kappa shape index (κ2) is 4.59. The van der Waals surface area contributed by atoms with Crippen LogP contribution in [0.3, 0.4) is 0 Å². The van der Waals surface area contributed by atoms with Gasteiger partial charge in [0.05, 0.1) is 0 Å². The Kier molecular flexibility index (Phi) is 3.47. The van der Waals surface area contributed by atoms with Crippen molar-refractivity contribution < 1.29 is 18.3 Å². The maximum atomic E-state index is 12.6. The molecule has 1 aromatic rings. The van der Waals surface area contributed by atoms with E-state index in [1.807, 2.05) is 21.7 Å². The van der Waals surface area contributed by atoms with Gasteiger partial charge in [-0.15, -0.1) is 0 Å². The molecule has 0 amide bonds. The minimum Gasteiger partial charge on any atom is -0.380 e. The summed E-state index contributed by atoms with van der Waals surface area (Å²) in [4.78, 5) is 1.95. The van der Waals surface area contributed by atoms with Gasteiger partial charge in [0.1, 0.15) is 0 Å². The molecule has 2 rings (SSSR count). The fourth-order valence-electron chi connectivity index (χ4n) is 2.01. The second-order valence-corrected chi connectivity index (χ2v) is 5.22. The first-order valence-corrected chi connectivity index (χ1v) is 6.37. The smallest absolute Gasteiger partial charge is 0.380 e. The minimum atomic E-state index is -4.51. The molecule has 1 aromatic heterocycles. The van der Waals surface area contributed by atoms with Crippen molar-refractivity contribution in [2.24, 2.45) is 0 Å². The lowest BCUT2D eigenvalue weighted by Crippen LogP contribution is -2.53. The number of hydrogen-bond donors (Lipinski definition) is 1.